The van der Waals surface area contributed by atoms with E-state index in [1.165, 1.54) is 0 Å². The summed E-state index contributed by atoms with van der Waals surface area (Å²) in [6.07, 6.45) is 0. The summed E-state index contributed by atoms with van der Waals surface area (Å²) in [7, 11) is 0. The number of nitrogens with one attached hydrogen (secondary N) is 1. The SMILES string of the molecule is N#C[C@H](C(=O)c1cc2ccccc2[nH]1)c1nc2ccccc2o1. The van der Waals surface area contributed by atoms with Gasteiger partial charge in [0.15, 0.2) is 11.5 Å². The molecule has 110 valence electrons. The average molecular weight is 301 g/mol. The molecule has 0 aliphatic carbocycles. The first-order valence-corrected chi connectivity index (χ1v) is 7.13. The van der Waals surface area contributed by atoms with Gasteiger partial charge in [-0.15, -0.1) is 0 Å². The summed E-state index contributed by atoms with van der Waals surface area (Å²) in [5.41, 5.74) is 2.42. The molecule has 0 unspecified atom stereocenters. The van der Waals surface area contributed by atoms with Crippen LogP contribution in [0.4, 0.5) is 0 Å². The number of ketones is 1. The maximum absolute atomic E-state index is 12.7. The molecule has 0 aliphatic heterocycles. The Morgan fingerprint density at radius 1 is 1.17 bits per heavy atom. The van der Waals surface area contributed by atoms with Gasteiger partial charge in [0.05, 0.1) is 11.8 Å². The van der Waals surface area contributed by atoms with Crippen LogP contribution in [-0.4, -0.2) is 15.8 Å². The zero-order valence-electron chi connectivity index (χ0n) is 12.0. The van der Waals surface area contributed by atoms with Crippen molar-refractivity contribution in [2.75, 3.05) is 0 Å². The first-order valence-electron chi connectivity index (χ1n) is 7.13. The van der Waals surface area contributed by atoms with Crippen LogP contribution in [-0.2, 0) is 0 Å². The van der Waals surface area contributed by atoms with E-state index in [1.54, 1.807) is 18.2 Å². The molecule has 2 aromatic carbocycles. The zero-order chi connectivity index (χ0) is 15.8. The summed E-state index contributed by atoms with van der Waals surface area (Å²) in [4.78, 5) is 20.0. The maximum Gasteiger partial charge on any atom is 0.220 e. The highest BCUT2D eigenvalue weighted by Crippen LogP contribution is 2.25. The highest BCUT2D eigenvalue weighted by Gasteiger charge is 2.28. The number of nitrogens with zero attached hydrogens (tertiary/aromatic N) is 2. The molecular formula is C18H11N3O2. The topological polar surface area (TPSA) is 82.7 Å². The molecule has 2 heterocycles. The fraction of sp³-hybridized carbons (Fsp3) is 0.0556. The van der Waals surface area contributed by atoms with Crippen molar-refractivity contribution in [2.24, 2.45) is 0 Å². The number of para-hydroxylation sites is 3. The molecule has 23 heavy (non-hydrogen) atoms. The summed E-state index contributed by atoms with van der Waals surface area (Å²) in [5.74, 6) is -1.30. The molecule has 0 spiro atoms. The third-order valence-corrected chi connectivity index (χ3v) is 3.74. The van der Waals surface area contributed by atoms with Crippen molar-refractivity contribution in [1.29, 1.82) is 5.26 Å². The highest BCUT2D eigenvalue weighted by molar-refractivity contribution is 6.04. The molecule has 0 saturated carbocycles. The number of aromatic nitrogens is 2. The summed E-state index contributed by atoms with van der Waals surface area (Å²) < 4.78 is 5.57. The van der Waals surface area contributed by atoms with Gasteiger partial charge < -0.3 is 9.40 Å². The number of fused-ring (bicyclic) bond motifs is 2. The van der Waals surface area contributed by atoms with Gasteiger partial charge in [-0.25, -0.2) is 4.98 Å². The van der Waals surface area contributed by atoms with E-state index in [0.717, 1.165) is 10.9 Å². The number of hydrogen-bond acceptors (Lipinski definition) is 4. The number of carbonyl (C=O) groups is 1. The fourth-order valence-corrected chi connectivity index (χ4v) is 2.60. The van der Waals surface area contributed by atoms with Crippen LogP contribution < -0.4 is 0 Å². The van der Waals surface area contributed by atoms with Crippen molar-refractivity contribution >= 4 is 27.8 Å². The minimum Gasteiger partial charge on any atom is -0.439 e. The van der Waals surface area contributed by atoms with Crippen LogP contribution >= 0.6 is 0 Å². The molecule has 4 rings (SSSR count). The summed E-state index contributed by atoms with van der Waals surface area (Å²) in [6.45, 7) is 0. The Morgan fingerprint density at radius 2 is 1.96 bits per heavy atom. The molecule has 2 aromatic heterocycles. The van der Waals surface area contributed by atoms with E-state index in [4.69, 9.17) is 4.42 Å². The van der Waals surface area contributed by atoms with Crippen LogP contribution in [0.3, 0.4) is 0 Å². The average Bonchev–Trinajstić information content (AvgIpc) is 3.19. The van der Waals surface area contributed by atoms with Gasteiger partial charge in [0.1, 0.15) is 5.52 Å². The molecule has 0 amide bonds. The largest absolute Gasteiger partial charge is 0.439 e. The molecule has 0 fully saturated rings. The Kier molecular flexibility index (Phi) is 2.95. The van der Waals surface area contributed by atoms with Gasteiger partial charge in [0.2, 0.25) is 11.7 Å². The van der Waals surface area contributed by atoms with Crippen LogP contribution in [0.5, 0.6) is 0 Å². The summed E-state index contributed by atoms with van der Waals surface area (Å²) in [5, 5.41) is 10.3. The molecule has 1 atom stereocenters. The molecule has 0 radical (unpaired) electrons. The predicted octanol–water partition coefficient (Wildman–Crippen LogP) is 3.80. The van der Waals surface area contributed by atoms with Gasteiger partial charge in [-0.1, -0.05) is 30.3 Å². The van der Waals surface area contributed by atoms with E-state index < -0.39 is 5.92 Å². The maximum atomic E-state index is 12.7. The van der Waals surface area contributed by atoms with E-state index in [2.05, 4.69) is 9.97 Å². The number of aromatic amines is 1. The second kappa shape index (κ2) is 5.11. The lowest BCUT2D eigenvalue weighted by atomic mass is 10.0. The number of hydrogen-bond donors (Lipinski definition) is 1. The first-order chi connectivity index (χ1) is 11.3. The Bertz CT molecular complexity index is 1000. The third-order valence-electron chi connectivity index (χ3n) is 3.74. The zero-order valence-corrected chi connectivity index (χ0v) is 12.0. The van der Waals surface area contributed by atoms with Crippen LogP contribution in [0.1, 0.15) is 22.3 Å². The number of nitriles is 1. The van der Waals surface area contributed by atoms with E-state index in [-0.39, 0.29) is 11.7 Å². The Labute approximate surface area is 131 Å². The lowest BCUT2D eigenvalue weighted by molar-refractivity contribution is 0.0966. The van der Waals surface area contributed by atoms with E-state index in [1.807, 2.05) is 42.5 Å². The number of oxazole rings is 1. The molecule has 1 N–H and O–H groups in total. The van der Waals surface area contributed by atoms with Crippen molar-refractivity contribution in [2.45, 2.75) is 5.92 Å². The highest BCUT2D eigenvalue weighted by atomic mass is 16.3. The number of H-pyrrole nitrogens is 1. The predicted molar refractivity (Wildman–Crippen MR) is 85.0 cm³/mol. The van der Waals surface area contributed by atoms with Gasteiger partial charge in [-0.2, -0.15) is 5.26 Å². The monoisotopic (exact) mass is 301 g/mol. The quantitative estimate of drug-likeness (QED) is 0.583. The van der Waals surface area contributed by atoms with Gasteiger partial charge in [-0.05, 0) is 24.3 Å². The van der Waals surface area contributed by atoms with Crippen LogP contribution in [0.15, 0.2) is 59.0 Å². The summed E-state index contributed by atoms with van der Waals surface area (Å²) >= 11 is 0. The van der Waals surface area contributed by atoms with Crippen molar-refractivity contribution < 1.29 is 9.21 Å². The lowest BCUT2D eigenvalue weighted by Gasteiger charge is -2.01. The van der Waals surface area contributed by atoms with E-state index in [0.29, 0.717) is 16.8 Å². The van der Waals surface area contributed by atoms with E-state index >= 15 is 0 Å². The van der Waals surface area contributed by atoms with Gasteiger partial charge in [0, 0.05) is 10.9 Å². The number of Topliss-reactive ketones (excluding diaryl/α,β-unsaturated/α-hetero) is 1. The fourth-order valence-electron chi connectivity index (χ4n) is 2.60. The van der Waals surface area contributed by atoms with Crippen molar-refractivity contribution in [3.63, 3.8) is 0 Å². The third kappa shape index (κ3) is 2.17. The molecular weight excluding hydrogens is 290 g/mol. The van der Waals surface area contributed by atoms with Gasteiger partial charge in [0.25, 0.3) is 0 Å². The first kappa shape index (κ1) is 13.3. The lowest BCUT2D eigenvalue weighted by Crippen LogP contribution is -2.12. The minimum absolute atomic E-state index is 0.123. The summed E-state index contributed by atoms with van der Waals surface area (Å²) in [6, 6.07) is 18.5. The molecule has 0 bridgehead atoms. The van der Waals surface area contributed by atoms with Crippen molar-refractivity contribution in [3.8, 4) is 6.07 Å². The Hall–Kier alpha value is -3.39. The molecule has 0 saturated heterocycles. The van der Waals surface area contributed by atoms with Gasteiger partial charge >= 0.3 is 0 Å². The molecule has 0 aliphatic rings. The number of rotatable bonds is 3. The number of benzene rings is 2. The van der Waals surface area contributed by atoms with Crippen LogP contribution in [0.25, 0.3) is 22.0 Å². The minimum atomic E-state index is -1.07. The standard InChI is InChI=1S/C18H11N3O2/c19-10-12(18-21-14-7-3-4-8-16(14)23-18)17(22)15-9-11-5-1-2-6-13(11)20-15/h1-9,12,20H/t12-/m1/s1. The normalized spacial score (nSPS) is 12.3. The van der Waals surface area contributed by atoms with Crippen molar-refractivity contribution in [3.05, 3.63) is 66.2 Å². The number of carbonyl (C=O) groups excluding carboxylic acids is 1. The molecule has 5 nitrogen and oxygen atoms in total. The second-order valence-electron chi connectivity index (χ2n) is 5.22. The van der Waals surface area contributed by atoms with E-state index in [9.17, 15) is 10.1 Å². The van der Waals surface area contributed by atoms with Crippen LogP contribution in [0.2, 0.25) is 0 Å². The second-order valence-corrected chi connectivity index (χ2v) is 5.22. The van der Waals surface area contributed by atoms with Crippen molar-refractivity contribution in [1.82, 2.24) is 9.97 Å². The molecule has 4 aromatic rings. The van der Waals surface area contributed by atoms with Crippen LogP contribution in [0, 0.1) is 11.3 Å². The van der Waals surface area contributed by atoms with Gasteiger partial charge in [-0.3, -0.25) is 4.79 Å². The smallest absolute Gasteiger partial charge is 0.220 e. The Balaban J connectivity index is 1.76. The Morgan fingerprint density at radius 3 is 2.74 bits per heavy atom. The molecule has 5 heteroatoms.